The second kappa shape index (κ2) is 4.70. The van der Waals surface area contributed by atoms with Gasteiger partial charge in [-0.3, -0.25) is 4.79 Å². The predicted octanol–water partition coefficient (Wildman–Crippen LogP) is 3.12. The van der Waals surface area contributed by atoms with E-state index in [0.717, 1.165) is 11.9 Å². The van der Waals surface area contributed by atoms with Crippen molar-refractivity contribution in [2.45, 2.75) is 13.3 Å². The molecular formula is C12H13BrN2O. The molecule has 0 aliphatic rings. The molecule has 0 radical (unpaired) electrons. The Kier molecular flexibility index (Phi) is 3.29. The Hall–Kier alpha value is -1.29. The largest absolute Gasteiger partial charge is 0.358 e. The quantitative estimate of drug-likeness (QED) is 0.659. The molecule has 0 unspecified atom stereocenters. The minimum Gasteiger partial charge on any atom is -0.358 e. The molecule has 0 saturated carbocycles. The number of rotatable bonds is 3. The highest BCUT2D eigenvalue weighted by atomic mass is 79.9. The SMILES string of the molecule is Cc1[nH]c2ccccc2c1CCNC(=O)Br. The summed E-state index contributed by atoms with van der Waals surface area (Å²) >= 11 is 2.85. The van der Waals surface area contributed by atoms with Gasteiger partial charge in [-0.1, -0.05) is 18.2 Å². The van der Waals surface area contributed by atoms with Gasteiger partial charge in [0.05, 0.1) is 0 Å². The zero-order valence-electron chi connectivity index (χ0n) is 9.01. The summed E-state index contributed by atoms with van der Waals surface area (Å²) in [6.45, 7) is 2.71. The third-order valence-electron chi connectivity index (χ3n) is 2.67. The fraction of sp³-hybridized carbons (Fsp3) is 0.250. The zero-order valence-corrected chi connectivity index (χ0v) is 10.6. The van der Waals surface area contributed by atoms with E-state index in [1.165, 1.54) is 16.6 Å². The molecule has 0 aliphatic heterocycles. The van der Waals surface area contributed by atoms with Crippen molar-refractivity contribution in [3.05, 3.63) is 35.5 Å². The number of aromatic amines is 1. The van der Waals surface area contributed by atoms with Gasteiger partial charge in [0.2, 0.25) is 0 Å². The first kappa shape index (κ1) is 11.2. The number of fused-ring (bicyclic) bond motifs is 1. The van der Waals surface area contributed by atoms with E-state index in [9.17, 15) is 4.79 Å². The molecule has 1 amide bonds. The van der Waals surface area contributed by atoms with Crippen LogP contribution in [0.15, 0.2) is 24.3 Å². The topological polar surface area (TPSA) is 44.9 Å². The number of hydrogen-bond acceptors (Lipinski definition) is 1. The van der Waals surface area contributed by atoms with E-state index in [1.54, 1.807) is 0 Å². The minimum atomic E-state index is -0.162. The van der Waals surface area contributed by atoms with Gasteiger partial charge in [0.15, 0.2) is 0 Å². The molecule has 16 heavy (non-hydrogen) atoms. The molecule has 84 valence electrons. The van der Waals surface area contributed by atoms with E-state index in [0.29, 0.717) is 6.54 Å². The molecule has 1 heterocycles. The number of benzene rings is 1. The normalized spacial score (nSPS) is 10.6. The van der Waals surface area contributed by atoms with Crippen LogP contribution in [0.5, 0.6) is 0 Å². The predicted molar refractivity (Wildman–Crippen MR) is 69.1 cm³/mol. The molecule has 2 rings (SSSR count). The fourth-order valence-electron chi connectivity index (χ4n) is 1.94. The molecule has 4 heteroatoms. The maximum absolute atomic E-state index is 10.7. The first-order valence-corrected chi connectivity index (χ1v) is 5.97. The highest BCUT2D eigenvalue weighted by Gasteiger charge is 2.07. The van der Waals surface area contributed by atoms with E-state index >= 15 is 0 Å². The number of hydrogen-bond donors (Lipinski definition) is 2. The van der Waals surface area contributed by atoms with Crippen molar-refractivity contribution in [1.82, 2.24) is 10.3 Å². The number of carbonyl (C=O) groups is 1. The monoisotopic (exact) mass is 280 g/mol. The average molecular weight is 281 g/mol. The molecule has 0 spiro atoms. The zero-order chi connectivity index (χ0) is 11.5. The van der Waals surface area contributed by atoms with Gasteiger partial charge in [-0.15, -0.1) is 0 Å². The van der Waals surface area contributed by atoms with Crippen LogP contribution in [0, 0.1) is 6.92 Å². The highest BCUT2D eigenvalue weighted by molar-refractivity contribution is 9.18. The number of H-pyrrole nitrogens is 1. The highest BCUT2D eigenvalue weighted by Crippen LogP contribution is 2.21. The van der Waals surface area contributed by atoms with Crippen molar-refractivity contribution in [3.8, 4) is 0 Å². The van der Waals surface area contributed by atoms with Crippen molar-refractivity contribution < 1.29 is 4.79 Å². The van der Waals surface area contributed by atoms with E-state index in [2.05, 4.69) is 45.3 Å². The summed E-state index contributed by atoms with van der Waals surface area (Å²) in [5, 5.41) is 3.98. The Balaban J connectivity index is 2.22. The Morgan fingerprint density at radius 3 is 2.94 bits per heavy atom. The summed E-state index contributed by atoms with van der Waals surface area (Å²) in [5.74, 6) is 0. The fourth-order valence-corrected chi connectivity index (χ4v) is 2.14. The number of aryl methyl sites for hydroxylation is 1. The Labute approximate surface area is 102 Å². The van der Waals surface area contributed by atoms with Crippen molar-refractivity contribution in [3.63, 3.8) is 0 Å². The molecule has 0 atom stereocenters. The second-order valence-electron chi connectivity index (χ2n) is 3.72. The van der Waals surface area contributed by atoms with Gasteiger partial charge in [0.1, 0.15) is 0 Å². The van der Waals surface area contributed by atoms with Crippen molar-refractivity contribution in [2.75, 3.05) is 6.54 Å². The maximum atomic E-state index is 10.7. The lowest BCUT2D eigenvalue weighted by molar-refractivity contribution is 0.262. The van der Waals surface area contributed by atoms with Crippen LogP contribution in [-0.4, -0.2) is 16.3 Å². The van der Waals surface area contributed by atoms with Gasteiger partial charge in [0, 0.05) is 39.1 Å². The average Bonchev–Trinajstić information content (AvgIpc) is 2.55. The van der Waals surface area contributed by atoms with Crippen LogP contribution in [-0.2, 0) is 6.42 Å². The van der Waals surface area contributed by atoms with Crippen LogP contribution in [0.2, 0.25) is 0 Å². The maximum Gasteiger partial charge on any atom is 0.287 e. The molecule has 1 aromatic heterocycles. The standard InChI is InChI=1S/C12H13BrN2O/c1-8-9(6-7-14-12(13)16)10-4-2-3-5-11(10)15-8/h2-5,15H,6-7H2,1H3,(H,14,16). The number of nitrogens with one attached hydrogen (secondary N) is 2. The number of para-hydroxylation sites is 1. The molecule has 0 aliphatic carbocycles. The van der Waals surface area contributed by atoms with Gasteiger partial charge in [-0.05, 0) is 25.0 Å². The third-order valence-corrected chi connectivity index (χ3v) is 2.95. The molecule has 0 fully saturated rings. The first-order chi connectivity index (χ1) is 7.68. The van der Waals surface area contributed by atoms with E-state index in [1.807, 2.05) is 12.1 Å². The van der Waals surface area contributed by atoms with E-state index < -0.39 is 0 Å². The van der Waals surface area contributed by atoms with Crippen LogP contribution in [0.1, 0.15) is 11.3 Å². The van der Waals surface area contributed by atoms with Crippen molar-refractivity contribution >= 4 is 31.6 Å². The number of halogens is 1. The molecular weight excluding hydrogens is 268 g/mol. The van der Waals surface area contributed by atoms with Gasteiger partial charge in [-0.2, -0.15) is 0 Å². The molecule has 3 nitrogen and oxygen atoms in total. The summed E-state index contributed by atoms with van der Waals surface area (Å²) < 4.78 is 0. The van der Waals surface area contributed by atoms with Crippen LogP contribution >= 0.6 is 15.9 Å². The summed E-state index contributed by atoms with van der Waals surface area (Å²) in [6.07, 6.45) is 0.840. The van der Waals surface area contributed by atoms with Crippen LogP contribution in [0.25, 0.3) is 10.9 Å². The first-order valence-electron chi connectivity index (χ1n) is 5.18. The molecule has 2 N–H and O–H groups in total. The minimum absolute atomic E-state index is 0.162. The van der Waals surface area contributed by atoms with Gasteiger partial charge in [-0.25, -0.2) is 0 Å². The van der Waals surface area contributed by atoms with Crippen LogP contribution in [0.4, 0.5) is 4.79 Å². The van der Waals surface area contributed by atoms with E-state index in [-0.39, 0.29) is 4.82 Å². The van der Waals surface area contributed by atoms with Gasteiger partial charge in [0.25, 0.3) is 4.82 Å². The van der Waals surface area contributed by atoms with Crippen molar-refractivity contribution in [1.29, 1.82) is 0 Å². The molecule has 0 bridgehead atoms. The van der Waals surface area contributed by atoms with Gasteiger partial charge >= 0.3 is 0 Å². The third kappa shape index (κ3) is 2.27. The molecule has 2 aromatic rings. The number of carbonyl (C=O) groups excluding carboxylic acids is 1. The Morgan fingerprint density at radius 2 is 2.19 bits per heavy atom. The number of aromatic nitrogens is 1. The lowest BCUT2D eigenvalue weighted by atomic mass is 10.1. The Bertz CT molecular complexity index is 519. The molecule has 1 aromatic carbocycles. The summed E-state index contributed by atoms with van der Waals surface area (Å²) in [4.78, 5) is 13.9. The van der Waals surface area contributed by atoms with Crippen LogP contribution < -0.4 is 5.32 Å². The summed E-state index contributed by atoms with van der Waals surface area (Å²) in [5.41, 5.74) is 3.60. The number of amides is 1. The lowest BCUT2D eigenvalue weighted by Crippen LogP contribution is -2.19. The Morgan fingerprint density at radius 1 is 1.44 bits per heavy atom. The second-order valence-corrected chi connectivity index (χ2v) is 4.44. The summed E-state index contributed by atoms with van der Waals surface area (Å²) in [6, 6.07) is 8.21. The smallest absolute Gasteiger partial charge is 0.287 e. The van der Waals surface area contributed by atoms with Gasteiger partial charge < -0.3 is 10.3 Å². The van der Waals surface area contributed by atoms with E-state index in [4.69, 9.17) is 0 Å². The van der Waals surface area contributed by atoms with Crippen LogP contribution in [0.3, 0.4) is 0 Å². The molecule has 0 saturated heterocycles. The lowest BCUT2D eigenvalue weighted by Gasteiger charge is -2.01. The van der Waals surface area contributed by atoms with Crippen molar-refractivity contribution in [2.24, 2.45) is 0 Å². The summed E-state index contributed by atoms with van der Waals surface area (Å²) in [7, 11) is 0.